The van der Waals surface area contributed by atoms with Crippen LogP contribution >= 0.6 is 0 Å². The molecule has 0 N–H and O–H groups in total. The number of carbonyl (C=O) groups excluding carboxylic acids is 2. The summed E-state index contributed by atoms with van der Waals surface area (Å²) < 4.78 is 17.7. The monoisotopic (exact) mass is 265 g/mol. The molecule has 0 spiro atoms. The predicted octanol–water partition coefficient (Wildman–Crippen LogP) is 2.37. The average molecular weight is 265 g/mol. The molecular weight excluding hydrogens is 249 g/mol. The Labute approximate surface area is 111 Å². The molecule has 0 aromatic heterocycles. The second kappa shape index (κ2) is 5.38. The lowest BCUT2D eigenvalue weighted by molar-refractivity contribution is -0.129. The number of nitrogens with zero attached hydrogens (tertiary/aromatic N) is 1. The van der Waals surface area contributed by atoms with Gasteiger partial charge in [-0.1, -0.05) is 26.0 Å². The number of carbonyl (C=O) groups is 2. The van der Waals surface area contributed by atoms with E-state index in [0.717, 1.165) is 0 Å². The van der Waals surface area contributed by atoms with Gasteiger partial charge < -0.3 is 4.74 Å². The molecule has 1 aromatic rings. The summed E-state index contributed by atoms with van der Waals surface area (Å²) in [7, 11) is 0. The summed E-state index contributed by atoms with van der Waals surface area (Å²) in [4.78, 5) is 24.9. The van der Waals surface area contributed by atoms with Crippen molar-refractivity contribution < 1.29 is 18.7 Å². The number of halogens is 1. The molecule has 1 aromatic carbocycles. The van der Waals surface area contributed by atoms with Crippen LogP contribution in [-0.4, -0.2) is 29.5 Å². The van der Waals surface area contributed by atoms with E-state index in [1.165, 1.54) is 17.0 Å². The van der Waals surface area contributed by atoms with Crippen molar-refractivity contribution in [2.24, 2.45) is 5.92 Å². The molecule has 0 radical (unpaired) electrons. The second-order valence-electron chi connectivity index (χ2n) is 4.96. The van der Waals surface area contributed by atoms with E-state index in [4.69, 9.17) is 4.74 Å². The normalized spacial score (nSPS) is 18.8. The molecule has 0 aliphatic carbocycles. The quantitative estimate of drug-likeness (QED) is 0.843. The van der Waals surface area contributed by atoms with Crippen molar-refractivity contribution in [1.82, 2.24) is 4.90 Å². The van der Waals surface area contributed by atoms with E-state index in [1.807, 2.05) is 13.8 Å². The van der Waals surface area contributed by atoms with E-state index < -0.39 is 6.09 Å². The highest BCUT2D eigenvalue weighted by Crippen LogP contribution is 2.20. The van der Waals surface area contributed by atoms with Gasteiger partial charge in [-0.25, -0.2) is 14.1 Å². The van der Waals surface area contributed by atoms with E-state index in [-0.39, 0.29) is 36.7 Å². The standard InChI is InChI=1S/C14H16FNO3/c1-9(2)12-8-19-14(18)16(12)13(17)7-10-3-5-11(15)6-4-10/h3-6,9,12H,7-8H2,1-2H3/t12-/m1/s1. The van der Waals surface area contributed by atoms with Crippen LogP contribution in [0.4, 0.5) is 9.18 Å². The van der Waals surface area contributed by atoms with E-state index >= 15 is 0 Å². The number of hydrogen-bond acceptors (Lipinski definition) is 3. The fourth-order valence-corrected chi connectivity index (χ4v) is 2.08. The van der Waals surface area contributed by atoms with Crippen molar-refractivity contribution in [1.29, 1.82) is 0 Å². The van der Waals surface area contributed by atoms with Gasteiger partial charge in [0.05, 0.1) is 12.5 Å². The second-order valence-corrected chi connectivity index (χ2v) is 4.96. The van der Waals surface area contributed by atoms with Crippen LogP contribution < -0.4 is 0 Å². The summed E-state index contributed by atoms with van der Waals surface area (Å²) in [6.45, 7) is 4.11. The Morgan fingerprint density at radius 2 is 2.05 bits per heavy atom. The molecule has 0 unspecified atom stereocenters. The van der Waals surface area contributed by atoms with Crippen molar-refractivity contribution in [2.75, 3.05) is 6.61 Å². The summed E-state index contributed by atoms with van der Waals surface area (Å²) in [5.74, 6) is -0.520. The maximum absolute atomic E-state index is 12.8. The molecule has 1 aliphatic rings. The molecule has 2 amide bonds. The molecule has 1 saturated heterocycles. The van der Waals surface area contributed by atoms with Gasteiger partial charge in [0.25, 0.3) is 0 Å². The Morgan fingerprint density at radius 3 is 2.63 bits per heavy atom. The maximum atomic E-state index is 12.8. The lowest BCUT2D eigenvalue weighted by Crippen LogP contribution is -2.42. The number of ether oxygens (including phenoxy) is 1. The zero-order valence-electron chi connectivity index (χ0n) is 10.9. The van der Waals surface area contributed by atoms with Gasteiger partial charge in [0.15, 0.2) is 0 Å². The first-order chi connectivity index (χ1) is 8.99. The molecule has 0 bridgehead atoms. The number of rotatable bonds is 3. The molecule has 1 aliphatic heterocycles. The van der Waals surface area contributed by atoms with Crippen LogP contribution in [-0.2, 0) is 16.0 Å². The molecule has 1 atom stereocenters. The Hall–Kier alpha value is -1.91. The Morgan fingerprint density at radius 1 is 1.42 bits per heavy atom. The number of imide groups is 1. The molecule has 1 heterocycles. The molecule has 0 saturated carbocycles. The van der Waals surface area contributed by atoms with Crippen LogP contribution in [0, 0.1) is 11.7 Å². The van der Waals surface area contributed by atoms with Crippen molar-refractivity contribution in [3.8, 4) is 0 Å². The minimum atomic E-state index is -0.592. The maximum Gasteiger partial charge on any atom is 0.416 e. The fraction of sp³-hybridized carbons (Fsp3) is 0.429. The van der Waals surface area contributed by atoms with Crippen molar-refractivity contribution in [3.05, 3.63) is 35.6 Å². The van der Waals surface area contributed by atoms with Gasteiger partial charge in [-0.15, -0.1) is 0 Å². The summed E-state index contributed by atoms with van der Waals surface area (Å²) >= 11 is 0. The zero-order valence-corrected chi connectivity index (χ0v) is 10.9. The molecule has 19 heavy (non-hydrogen) atoms. The molecule has 1 fully saturated rings. The Bertz CT molecular complexity index is 484. The SMILES string of the molecule is CC(C)[C@H]1COC(=O)N1C(=O)Cc1ccc(F)cc1. The smallest absolute Gasteiger partial charge is 0.416 e. The van der Waals surface area contributed by atoms with Gasteiger partial charge in [-0.3, -0.25) is 4.79 Å². The van der Waals surface area contributed by atoms with Gasteiger partial charge >= 0.3 is 6.09 Å². The lowest BCUT2D eigenvalue weighted by Gasteiger charge is -2.22. The van der Waals surface area contributed by atoms with Crippen LogP contribution in [0.15, 0.2) is 24.3 Å². The minimum absolute atomic E-state index is 0.0681. The summed E-state index contributed by atoms with van der Waals surface area (Å²) in [6, 6.07) is 5.45. The zero-order chi connectivity index (χ0) is 14.0. The number of hydrogen-bond donors (Lipinski definition) is 0. The third-order valence-electron chi connectivity index (χ3n) is 3.21. The molecule has 2 rings (SSSR count). The Kier molecular flexibility index (Phi) is 3.83. The molecule has 4 nitrogen and oxygen atoms in total. The van der Waals surface area contributed by atoms with Crippen LogP contribution in [0.5, 0.6) is 0 Å². The molecule has 5 heteroatoms. The van der Waals surface area contributed by atoms with Crippen LogP contribution in [0.1, 0.15) is 19.4 Å². The van der Waals surface area contributed by atoms with Gasteiger partial charge in [-0.05, 0) is 23.6 Å². The highest BCUT2D eigenvalue weighted by molar-refractivity contribution is 5.94. The van der Waals surface area contributed by atoms with Gasteiger partial charge in [0, 0.05) is 0 Å². The van der Waals surface area contributed by atoms with Crippen molar-refractivity contribution in [2.45, 2.75) is 26.3 Å². The van der Waals surface area contributed by atoms with Crippen molar-refractivity contribution >= 4 is 12.0 Å². The van der Waals surface area contributed by atoms with Crippen LogP contribution in [0.25, 0.3) is 0 Å². The topological polar surface area (TPSA) is 46.6 Å². The summed E-state index contributed by atoms with van der Waals surface area (Å²) in [5, 5.41) is 0. The van der Waals surface area contributed by atoms with Gasteiger partial charge in [0.2, 0.25) is 5.91 Å². The number of amides is 2. The van der Waals surface area contributed by atoms with E-state index in [2.05, 4.69) is 0 Å². The number of benzene rings is 1. The van der Waals surface area contributed by atoms with Crippen LogP contribution in [0.3, 0.4) is 0 Å². The highest BCUT2D eigenvalue weighted by atomic mass is 19.1. The lowest BCUT2D eigenvalue weighted by atomic mass is 10.0. The first kappa shape index (κ1) is 13.5. The largest absolute Gasteiger partial charge is 0.447 e. The highest BCUT2D eigenvalue weighted by Gasteiger charge is 2.39. The Balaban J connectivity index is 2.10. The van der Waals surface area contributed by atoms with E-state index in [9.17, 15) is 14.0 Å². The fourth-order valence-electron chi connectivity index (χ4n) is 2.08. The van der Waals surface area contributed by atoms with Crippen molar-refractivity contribution in [3.63, 3.8) is 0 Å². The average Bonchev–Trinajstić information content (AvgIpc) is 2.74. The molecular formula is C14H16FNO3. The summed E-state index contributed by atoms with van der Waals surface area (Å²) in [5.41, 5.74) is 0.675. The van der Waals surface area contributed by atoms with Crippen LogP contribution in [0.2, 0.25) is 0 Å². The van der Waals surface area contributed by atoms with E-state index in [0.29, 0.717) is 5.56 Å². The van der Waals surface area contributed by atoms with Gasteiger partial charge in [-0.2, -0.15) is 0 Å². The predicted molar refractivity (Wildman–Crippen MR) is 66.9 cm³/mol. The molecule has 102 valence electrons. The summed E-state index contributed by atoms with van der Waals surface area (Å²) in [6.07, 6.45) is -0.524. The van der Waals surface area contributed by atoms with Gasteiger partial charge in [0.1, 0.15) is 12.4 Å². The third-order valence-corrected chi connectivity index (χ3v) is 3.21. The number of cyclic esters (lactones) is 1. The minimum Gasteiger partial charge on any atom is -0.447 e. The first-order valence-corrected chi connectivity index (χ1v) is 6.22. The third kappa shape index (κ3) is 2.92. The first-order valence-electron chi connectivity index (χ1n) is 6.22. The van der Waals surface area contributed by atoms with E-state index in [1.54, 1.807) is 12.1 Å².